The number of benzene rings is 2. The molecule has 3 aromatic rings. The Hall–Kier alpha value is -2.71. The van der Waals surface area contributed by atoms with Gasteiger partial charge in [-0.3, -0.25) is 9.69 Å². The van der Waals surface area contributed by atoms with Crippen molar-refractivity contribution >= 4 is 21.8 Å². The molecule has 162 valence electrons. The normalized spacial score (nSPS) is 15.6. The van der Waals surface area contributed by atoms with Gasteiger partial charge in [0.1, 0.15) is 5.75 Å². The molecule has 8 heteroatoms. The molecule has 1 amide bonds. The van der Waals surface area contributed by atoms with E-state index in [2.05, 4.69) is 31.0 Å². The molecular weight excluding hydrogens is 460 g/mol. The van der Waals surface area contributed by atoms with Crippen molar-refractivity contribution in [3.63, 3.8) is 0 Å². The number of hydrogen-bond donors (Lipinski definition) is 0. The number of carbonyl (C=O) groups excluding carboxylic acids is 1. The lowest BCUT2D eigenvalue weighted by atomic mass is 10.1. The number of aromatic nitrogens is 2. The molecule has 31 heavy (non-hydrogen) atoms. The highest BCUT2D eigenvalue weighted by Gasteiger charge is 2.27. The van der Waals surface area contributed by atoms with Gasteiger partial charge in [-0.1, -0.05) is 50.9 Å². The molecule has 1 unspecified atom stereocenters. The summed E-state index contributed by atoms with van der Waals surface area (Å²) in [4.78, 5) is 21.3. The van der Waals surface area contributed by atoms with Gasteiger partial charge in [0.2, 0.25) is 11.7 Å². The van der Waals surface area contributed by atoms with Gasteiger partial charge in [0.15, 0.2) is 6.10 Å². The minimum Gasteiger partial charge on any atom is -0.481 e. The molecule has 0 radical (unpaired) electrons. The number of amides is 1. The maximum Gasteiger partial charge on any atom is 0.263 e. The van der Waals surface area contributed by atoms with Crippen molar-refractivity contribution in [1.29, 1.82) is 0 Å². The van der Waals surface area contributed by atoms with Crippen LogP contribution in [0.25, 0.3) is 11.4 Å². The van der Waals surface area contributed by atoms with Crippen molar-refractivity contribution in [2.45, 2.75) is 26.5 Å². The SMILES string of the molecule is Cc1ccc(-c2noc(CN3CCN(C(=O)C(C)Oc4ccc(Br)cc4)CC3)n2)cc1. The molecule has 1 fully saturated rings. The van der Waals surface area contributed by atoms with Crippen LogP contribution in [-0.2, 0) is 11.3 Å². The van der Waals surface area contributed by atoms with Crippen LogP contribution in [0.1, 0.15) is 18.4 Å². The number of carbonyl (C=O) groups is 1. The molecule has 1 aromatic heterocycles. The number of piperazine rings is 1. The Morgan fingerprint density at radius 3 is 2.45 bits per heavy atom. The van der Waals surface area contributed by atoms with E-state index < -0.39 is 6.10 Å². The maximum atomic E-state index is 12.8. The van der Waals surface area contributed by atoms with Crippen molar-refractivity contribution in [3.05, 3.63) is 64.5 Å². The number of halogens is 1. The lowest BCUT2D eigenvalue weighted by molar-refractivity contribution is -0.139. The number of aryl methyl sites for hydroxylation is 1. The summed E-state index contributed by atoms with van der Waals surface area (Å²) in [6, 6.07) is 15.5. The molecule has 0 N–H and O–H groups in total. The summed E-state index contributed by atoms with van der Waals surface area (Å²) in [7, 11) is 0. The first-order valence-electron chi connectivity index (χ1n) is 10.3. The van der Waals surface area contributed by atoms with E-state index in [0.717, 1.165) is 23.1 Å². The largest absolute Gasteiger partial charge is 0.481 e. The molecule has 1 aliphatic rings. The highest BCUT2D eigenvalue weighted by atomic mass is 79.9. The van der Waals surface area contributed by atoms with Crippen LogP contribution in [0.5, 0.6) is 5.75 Å². The second-order valence-electron chi connectivity index (χ2n) is 7.69. The molecule has 0 aliphatic carbocycles. The van der Waals surface area contributed by atoms with Crippen molar-refractivity contribution in [2.24, 2.45) is 0 Å². The van der Waals surface area contributed by atoms with Crippen molar-refractivity contribution in [2.75, 3.05) is 26.2 Å². The monoisotopic (exact) mass is 484 g/mol. The van der Waals surface area contributed by atoms with Gasteiger partial charge in [0.05, 0.1) is 6.54 Å². The Kier molecular flexibility index (Phi) is 6.67. The zero-order chi connectivity index (χ0) is 21.8. The lowest BCUT2D eigenvalue weighted by Gasteiger charge is -2.35. The number of rotatable bonds is 6. The molecule has 0 bridgehead atoms. The number of nitrogens with zero attached hydrogens (tertiary/aromatic N) is 4. The smallest absolute Gasteiger partial charge is 0.263 e. The van der Waals surface area contributed by atoms with Gasteiger partial charge in [-0.05, 0) is 38.1 Å². The topological polar surface area (TPSA) is 71.7 Å². The molecule has 1 saturated heterocycles. The summed E-state index contributed by atoms with van der Waals surface area (Å²) in [6.07, 6.45) is -0.527. The van der Waals surface area contributed by atoms with Crippen molar-refractivity contribution in [3.8, 4) is 17.1 Å². The summed E-state index contributed by atoms with van der Waals surface area (Å²) in [6.45, 7) is 7.20. The Balaban J connectivity index is 1.27. The number of hydrogen-bond acceptors (Lipinski definition) is 6. The van der Waals surface area contributed by atoms with Gasteiger partial charge in [0, 0.05) is 36.2 Å². The Labute approximate surface area is 190 Å². The van der Waals surface area contributed by atoms with E-state index in [4.69, 9.17) is 9.26 Å². The van der Waals surface area contributed by atoms with Crippen LogP contribution < -0.4 is 4.74 Å². The van der Waals surface area contributed by atoms with Crippen molar-refractivity contribution < 1.29 is 14.1 Å². The Bertz CT molecular complexity index is 1010. The third-order valence-corrected chi connectivity index (χ3v) is 5.82. The summed E-state index contributed by atoms with van der Waals surface area (Å²) < 4.78 is 12.2. The fourth-order valence-corrected chi connectivity index (χ4v) is 3.75. The summed E-state index contributed by atoms with van der Waals surface area (Å²) in [5.74, 6) is 1.87. The summed E-state index contributed by atoms with van der Waals surface area (Å²) in [5, 5.41) is 4.10. The zero-order valence-electron chi connectivity index (χ0n) is 17.6. The first-order chi connectivity index (χ1) is 15.0. The fourth-order valence-electron chi connectivity index (χ4n) is 3.48. The average molecular weight is 485 g/mol. The number of ether oxygens (including phenoxy) is 1. The Morgan fingerprint density at radius 1 is 1.10 bits per heavy atom. The molecule has 2 aromatic carbocycles. The maximum absolute atomic E-state index is 12.8. The van der Waals surface area contributed by atoms with E-state index in [1.54, 1.807) is 6.92 Å². The van der Waals surface area contributed by atoms with E-state index in [1.165, 1.54) is 5.56 Å². The van der Waals surface area contributed by atoms with Gasteiger partial charge in [-0.25, -0.2) is 0 Å². The van der Waals surface area contributed by atoms with Crippen LogP contribution in [0, 0.1) is 6.92 Å². The standard InChI is InChI=1S/C23H25BrN4O3/c1-16-3-5-18(6-4-16)22-25-21(31-26-22)15-27-11-13-28(14-12-27)23(29)17(2)30-20-9-7-19(24)8-10-20/h3-10,17H,11-15H2,1-2H3. The summed E-state index contributed by atoms with van der Waals surface area (Å²) in [5.41, 5.74) is 2.13. The second-order valence-corrected chi connectivity index (χ2v) is 8.61. The molecule has 1 aliphatic heterocycles. The molecule has 2 heterocycles. The van der Waals surface area contributed by atoms with Crippen LogP contribution in [0.4, 0.5) is 0 Å². The van der Waals surface area contributed by atoms with E-state index in [1.807, 2.05) is 60.4 Å². The minimum atomic E-state index is -0.527. The molecular formula is C23H25BrN4O3. The zero-order valence-corrected chi connectivity index (χ0v) is 19.2. The molecule has 0 saturated carbocycles. The van der Waals surface area contributed by atoms with Crippen LogP contribution in [0.3, 0.4) is 0 Å². The van der Waals surface area contributed by atoms with Crippen LogP contribution >= 0.6 is 15.9 Å². The predicted octanol–water partition coefficient (Wildman–Crippen LogP) is 3.92. The molecule has 1 atom stereocenters. The highest BCUT2D eigenvalue weighted by molar-refractivity contribution is 9.10. The highest BCUT2D eigenvalue weighted by Crippen LogP contribution is 2.19. The third kappa shape index (κ3) is 5.51. The van der Waals surface area contributed by atoms with Crippen LogP contribution in [-0.4, -0.2) is 58.1 Å². The third-order valence-electron chi connectivity index (χ3n) is 5.29. The van der Waals surface area contributed by atoms with E-state index in [-0.39, 0.29) is 5.91 Å². The Morgan fingerprint density at radius 2 is 1.77 bits per heavy atom. The van der Waals surface area contributed by atoms with Crippen molar-refractivity contribution in [1.82, 2.24) is 19.9 Å². The first kappa shape index (κ1) is 21.5. The summed E-state index contributed by atoms with van der Waals surface area (Å²) >= 11 is 3.40. The van der Waals surface area contributed by atoms with E-state index in [9.17, 15) is 4.79 Å². The predicted molar refractivity (Wildman–Crippen MR) is 121 cm³/mol. The van der Waals surface area contributed by atoms with Crippen LogP contribution in [0.2, 0.25) is 0 Å². The fraction of sp³-hybridized carbons (Fsp3) is 0.348. The van der Waals surface area contributed by atoms with Gasteiger partial charge in [-0.15, -0.1) is 0 Å². The van der Waals surface area contributed by atoms with Gasteiger partial charge >= 0.3 is 0 Å². The van der Waals surface area contributed by atoms with Gasteiger partial charge in [-0.2, -0.15) is 4.98 Å². The lowest BCUT2D eigenvalue weighted by Crippen LogP contribution is -2.51. The average Bonchev–Trinajstić information content (AvgIpc) is 3.24. The first-order valence-corrected chi connectivity index (χ1v) is 11.1. The molecule has 0 spiro atoms. The second kappa shape index (κ2) is 9.62. The van der Waals surface area contributed by atoms with Gasteiger partial charge < -0.3 is 14.2 Å². The van der Waals surface area contributed by atoms with Crippen LogP contribution in [0.15, 0.2) is 57.5 Å². The molecule has 4 rings (SSSR count). The van der Waals surface area contributed by atoms with Gasteiger partial charge in [0.25, 0.3) is 5.91 Å². The van der Waals surface area contributed by atoms with E-state index in [0.29, 0.717) is 37.1 Å². The minimum absolute atomic E-state index is 0.00187. The van der Waals surface area contributed by atoms with E-state index >= 15 is 0 Å². The quantitative estimate of drug-likeness (QED) is 0.527. The molecule has 7 nitrogen and oxygen atoms in total.